The summed E-state index contributed by atoms with van der Waals surface area (Å²) in [4.78, 5) is 13.9. The molecule has 2 rings (SSSR count). The summed E-state index contributed by atoms with van der Waals surface area (Å²) in [6, 6.07) is 16.3. The molecule has 2 aromatic rings. The fourth-order valence-electron chi connectivity index (χ4n) is 2.67. The van der Waals surface area contributed by atoms with Crippen molar-refractivity contribution in [1.82, 2.24) is 4.90 Å². The molecule has 0 saturated heterocycles. The first kappa shape index (κ1) is 19.0. The molecule has 25 heavy (non-hydrogen) atoms. The zero-order chi connectivity index (χ0) is 18.4. The first-order chi connectivity index (χ1) is 11.8. The van der Waals surface area contributed by atoms with Crippen molar-refractivity contribution in [3.63, 3.8) is 0 Å². The summed E-state index contributed by atoms with van der Waals surface area (Å²) in [7, 11) is 1.66. The van der Waals surface area contributed by atoms with Crippen LogP contribution in [0.3, 0.4) is 0 Å². The number of rotatable bonds is 7. The van der Waals surface area contributed by atoms with E-state index in [1.807, 2.05) is 24.3 Å². The molecule has 0 aromatic heterocycles. The van der Waals surface area contributed by atoms with Crippen molar-refractivity contribution in [2.75, 3.05) is 20.2 Å². The second kappa shape index (κ2) is 8.17. The van der Waals surface area contributed by atoms with Crippen LogP contribution in [0, 0.1) is 6.92 Å². The van der Waals surface area contributed by atoms with E-state index in [9.17, 15) is 4.79 Å². The Morgan fingerprint density at radius 3 is 2.08 bits per heavy atom. The van der Waals surface area contributed by atoms with Gasteiger partial charge in [-0.15, -0.1) is 0 Å². The number of benzene rings is 2. The first-order valence-electron chi connectivity index (χ1n) is 8.52. The third-order valence-corrected chi connectivity index (χ3v) is 4.12. The molecular weight excluding hydrogens is 314 g/mol. The van der Waals surface area contributed by atoms with Crippen molar-refractivity contribution >= 4 is 5.91 Å². The van der Waals surface area contributed by atoms with Gasteiger partial charge in [-0.3, -0.25) is 4.79 Å². The number of hydrogen-bond acceptors (Lipinski definition) is 3. The van der Waals surface area contributed by atoms with Crippen molar-refractivity contribution in [3.05, 3.63) is 65.2 Å². The highest BCUT2D eigenvalue weighted by Crippen LogP contribution is 2.21. The van der Waals surface area contributed by atoms with E-state index in [1.165, 1.54) is 21.6 Å². The summed E-state index contributed by atoms with van der Waals surface area (Å²) in [5.74, 6) is 0.494. The normalized spacial score (nSPS) is 11.2. The molecule has 4 nitrogen and oxygen atoms in total. The van der Waals surface area contributed by atoms with Gasteiger partial charge in [-0.1, -0.05) is 42.0 Å². The topological polar surface area (TPSA) is 49.8 Å². The van der Waals surface area contributed by atoms with E-state index >= 15 is 0 Å². The third kappa shape index (κ3) is 5.33. The molecule has 0 atom stereocenters. The predicted octanol–water partition coefficient (Wildman–Crippen LogP) is 3.19. The number of ether oxygens (including phenoxy) is 1. The molecule has 1 amide bonds. The van der Waals surface area contributed by atoms with Crippen LogP contribution in [-0.2, 0) is 11.2 Å². The molecule has 134 valence electrons. The summed E-state index contributed by atoms with van der Waals surface area (Å²) in [6.07, 6.45) is 0.863. The first-order valence-corrected chi connectivity index (χ1v) is 8.52. The van der Waals surface area contributed by atoms with Gasteiger partial charge < -0.3 is 14.7 Å². The summed E-state index contributed by atoms with van der Waals surface area (Å²) in [5.41, 5.74) is 2.73. The SMILES string of the molecule is Cc1ccc(Cc2ccc(OC(C)(C)C(=O)N(C)CCO)cc2)cc1. The van der Waals surface area contributed by atoms with Crippen molar-refractivity contribution in [3.8, 4) is 5.75 Å². The zero-order valence-electron chi connectivity index (χ0n) is 15.5. The van der Waals surface area contributed by atoms with E-state index in [-0.39, 0.29) is 12.5 Å². The van der Waals surface area contributed by atoms with E-state index in [2.05, 4.69) is 31.2 Å². The molecule has 0 spiro atoms. The van der Waals surface area contributed by atoms with Crippen LogP contribution in [0.4, 0.5) is 0 Å². The highest BCUT2D eigenvalue weighted by Gasteiger charge is 2.32. The van der Waals surface area contributed by atoms with E-state index in [4.69, 9.17) is 9.84 Å². The van der Waals surface area contributed by atoms with Gasteiger partial charge in [-0.05, 0) is 50.5 Å². The van der Waals surface area contributed by atoms with Gasteiger partial charge in [0.25, 0.3) is 5.91 Å². The molecule has 0 fully saturated rings. The fraction of sp³-hybridized carbons (Fsp3) is 0.381. The largest absolute Gasteiger partial charge is 0.478 e. The summed E-state index contributed by atoms with van der Waals surface area (Å²) < 4.78 is 5.88. The molecule has 4 heteroatoms. The molecule has 2 aromatic carbocycles. The van der Waals surface area contributed by atoms with E-state index in [0.717, 1.165) is 6.42 Å². The van der Waals surface area contributed by atoms with Crippen molar-refractivity contribution in [2.24, 2.45) is 0 Å². The van der Waals surface area contributed by atoms with E-state index in [0.29, 0.717) is 12.3 Å². The molecule has 0 aliphatic carbocycles. The lowest BCUT2D eigenvalue weighted by Crippen LogP contribution is -2.48. The third-order valence-electron chi connectivity index (χ3n) is 4.12. The molecule has 0 bridgehead atoms. The molecule has 0 radical (unpaired) electrons. The number of carbonyl (C=O) groups is 1. The van der Waals surface area contributed by atoms with Crippen LogP contribution >= 0.6 is 0 Å². The van der Waals surface area contributed by atoms with Gasteiger partial charge in [-0.25, -0.2) is 0 Å². The molecule has 1 N–H and O–H groups in total. The minimum Gasteiger partial charge on any atom is -0.478 e. The average molecular weight is 341 g/mol. The maximum Gasteiger partial charge on any atom is 0.265 e. The summed E-state index contributed by atoms with van der Waals surface area (Å²) in [6.45, 7) is 5.79. The number of aryl methyl sites for hydroxylation is 1. The van der Waals surface area contributed by atoms with Crippen LogP contribution in [0.15, 0.2) is 48.5 Å². The molecular formula is C21H27NO3. The highest BCUT2D eigenvalue weighted by atomic mass is 16.5. The van der Waals surface area contributed by atoms with Crippen molar-refractivity contribution in [1.29, 1.82) is 0 Å². The van der Waals surface area contributed by atoms with Crippen LogP contribution in [0.2, 0.25) is 0 Å². The Hall–Kier alpha value is -2.33. The van der Waals surface area contributed by atoms with Crippen LogP contribution in [0.1, 0.15) is 30.5 Å². The van der Waals surface area contributed by atoms with Crippen LogP contribution in [0.25, 0.3) is 0 Å². The number of nitrogens with zero attached hydrogens (tertiary/aromatic N) is 1. The van der Waals surface area contributed by atoms with Crippen LogP contribution in [0.5, 0.6) is 5.75 Å². The van der Waals surface area contributed by atoms with E-state index in [1.54, 1.807) is 20.9 Å². The Balaban J connectivity index is 2.01. The Labute approximate surface area is 150 Å². The number of likely N-dealkylation sites (N-methyl/N-ethyl adjacent to an activating group) is 1. The number of hydrogen-bond donors (Lipinski definition) is 1. The maximum atomic E-state index is 12.4. The lowest BCUT2D eigenvalue weighted by Gasteiger charge is -2.29. The zero-order valence-corrected chi connectivity index (χ0v) is 15.5. The average Bonchev–Trinajstić information content (AvgIpc) is 2.58. The number of carbonyl (C=O) groups excluding carboxylic acids is 1. The Morgan fingerprint density at radius 2 is 1.56 bits per heavy atom. The van der Waals surface area contributed by atoms with E-state index < -0.39 is 5.60 Å². The molecule has 0 heterocycles. The Bertz CT molecular complexity index is 690. The van der Waals surface area contributed by atoms with Gasteiger partial charge in [-0.2, -0.15) is 0 Å². The monoisotopic (exact) mass is 341 g/mol. The lowest BCUT2D eigenvalue weighted by atomic mass is 10.0. The molecule has 0 aliphatic heterocycles. The van der Waals surface area contributed by atoms with Gasteiger partial charge in [0.2, 0.25) is 0 Å². The van der Waals surface area contributed by atoms with Gasteiger partial charge in [0, 0.05) is 13.6 Å². The Morgan fingerprint density at radius 1 is 1.04 bits per heavy atom. The Kier molecular flexibility index (Phi) is 6.21. The fourth-order valence-corrected chi connectivity index (χ4v) is 2.67. The van der Waals surface area contributed by atoms with Crippen LogP contribution in [-0.4, -0.2) is 41.7 Å². The number of aliphatic hydroxyl groups is 1. The number of aliphatic hydroxyl groups excluding tert-OH is 1. The lowest BCUT2D eigenvalue weighted by molar-refractivity contribution is -0.144. The second-order valence-electron chi connectivity index (χ2n) is 6.87. The van der Waals surface area contributed by atoms with Crippen molar-refractivity contribution < 1.29 is 14.6 Å². The van der Waals surface area contributed by atoms with Crippen molar-refractivity contribution in [2.45, 2.75) is 32.8 Å². The maximum absolute atomic E-state index is 12.4. The van der Waals surface area contributed by atoms with Gasteiger partial charge in [0.1, 0.15) is 5.75 Å². The van der Waals surface area contributed by atoms with Gasteiger partial charge >= 0.3 is 0 Å². The minimum atomic E-state index is -0.984. The quantitative estimate of drug-likeness (QED) is 0.841. The molecule has 0 saturated carbocycles. The second-order valence-corrected chi connectivity index (χ2v) is 6.87. The molecule has 0 aliphatic rings. The summed E-state index contributed by atoms with van der Waals surface area (Å²) >= 11 is 0. The smallest absolute Gasteiger partial charge is 0.265 e. The predicted molar refractivity (Wildman–Crippen MR) is 99.9 cm³/mol. The van der Waals surface area contributed by atoms with Crippen LogP contribution < -0.4 is 4.74 Å². The molecule has 0 unspecified atom stereocenters. The van der Waals surface area contributed by atoms with Gasteiger partial charge in [0.15, 0.2) is 5.60 Å². The summed E-state index contributed by atoms with van der Waals surface area (Å²) in [5, 5.41) is 8.97. The standard InChI is InChI=1S/C21H27NO3/c1-16-5-7-17(8-6-16)15-18-9-11-19(12-10-18)25-21(2,3)20(24)22(4)13-14-23/h5-12,23H,13-15H2,1-4H3. The minimum absolute atomic E-state index is 0.0635. The number of amides is 1. The highest BCUT2D eigenvalue weighted by molar-refractivity contribution is 5.84. The van der Waals surface area contributed by atoms with Gasteiger partial charge in [0.05, 0.1) is 6.61 Å².